The summed E-state index contributed by atoms with van der Waals surface area (Å²) in [4.78, 5) is 0. The van der Waals surface area contributed by atoms with Gasteiger partial charge in [-0.05, 0) is 30.6 Å². The van der Waals surface area contributed by atoms with E-state index < -0.39 is 0 Å². The van der Waals surface area contributed by atoms with Gasteiger partial charge in [0.25, 0.3) is 0 Å². The maximum atomic E-state index is 2.42. The zero-order valence-electron chi connectivity index (χ0n) is 6.27. The molecular formula is C9H16. The lowest BCUT2D eigenvalue weighted by Crippen LogP contribution is -2.36. The van der Waals surface area contributed by atoms with Gasteiger partial charge in [-0.2, -0.15) is 0 Å². The summed E-state index contributed by atoms with van der Waals surface area (Å²) in [7, 11) is 0. The molecule has 0 radical (unpaired) electrons. The van der Waals surface area contributed by atoms with Gasteiger partial charge in [0.2, 0.25) is 0 Å². The monoisotopic (exact) mass is 124 g/mol. The molecule has 0 amide bonds. The molecule has 0 aromatic heterocycles. The smallest absolute Gasteiger partial charge is 0.0360 e. The molecule has 0 aromatic rings. The lowest BCUT2D eigenvalue weighted by molar-refractivity contribution is 0.0421. The van der Waals surface area contributed by atoms with Crippen molar-refractivity contribution in [3.8, 4) is 0 Å². The Morgan fingerprint density at radius 3 is 2.44 bits per heavy atom. The van der Waals surface area contributed by atoms with E-state index in [-0.39, 0.29) is 0 Å². The fourth-order valence-electron chi connectivity index (χ4n) is 2.73. The number of hydrogen-bond donors (Lipinski definition) is 0. The summed E-state index contributed by atoms with van der Waals surface area (Å²) >= 11 is 0. The molecule has 0 heterocycles. The van der Waals surface area contributed by atoms with Crippen LogP contribution in [0.25, 0.3) is 0 Å². The summed E-state index contributed by atoms with van der Waals surface area (Å²) in [6.45, 7) is 2.42. The quantitative estimate of drug-likeness (QED) is 0.466. The van der Waals surface area contributed by atoms with Crippen molar-refractivity contribution in [1.82, 2.24) is 0 Å². The first-order valence-corrected chi connectivity index (χ1v) is 4.38. The van der Waals surface area contributed by atoms with Crippen molar-refractivity contribution in [2.24, 2.45) is 17.8 Å². The fourth-order valence-corrected chi connectivity index (χ4v) is 2.73. The molecule has 0 N–H and O–H groups in total. The minimum Gasteiger partial charge on any atom is -0.0622 e. The Labute approximate surface area is 57.6 Å². The maximum absolute atomic E-state index is 2.42. The second kappa shape index (κ2) is 2.00. The molecule has 3 atom stereocenters. The largest absolute Gasteiger partial charge is 0.0622 e. The summed E-state index contributed by atoms with van der Waals surface area (Å²) in [5.41, 5.74) is 0. The molecule has 9 heavy (non-hydrogen) atoms. The first-order valence-electron chi connectivity index (χ1n) is 4.38. The lowest BCUT2D eigenvalue weighted by Gasteiger charge is -2.46. The van der Waals surface area contributed by atoms with Crippen molar-refractivity contribution in [3.05, 3.63) is 0 Å². The van der Waals surface area contributed by atoms with E-state index in [9.17, 15) is 0 Å². The van der Waals surface area contributed by atoms with Crippen LogP contribution >= 0.6 is 0 Å². The van der Waals surface area contributed by atoms with Gasteiger partial charge < -0.3 is 0 Å². The van der Waals surface area contributed by atoms with E-state index in [2.05, 4.69) is 6.92 Å². The van der Waals surface area contributed by atoms with Gasteiger partial charge >= 0.3 is 0 Å². The van der Waals surface area contributed by atoms with Crippen molar-refractivity contribution in [2.75, 3.05) is 0 Å². The molecule has 2 saturated carbocycles. The highest BCUT2D eigenvalue weighted by Gasteiger charge is 2.38. The molecule has 2 aliphatic rings. The van der Waals surface area contributed by atoms with Crippen LogP contribution in [-0.2, 0) is 0 Å². The van der Waals surface area contributed by atoms with E-state index >= 15 is 0 Å². The number of fused-ring (bicyclic) bond motifs is 1. The van der Waals surface area contributed by atoms with Gasteiger partial charge in [0.1, 0.15) is 0 Å². The average molecular weight is 124 g/mol. The Morgan fingerprint density at radius 1 is 1.11 bits per heavy atom. The summed E-state index contributed by atoms with van der Waals surface area (Å²) in [6, 6.07) is 0. The highest BCUT2D eigenvalue weighted by Crippen LogP contribution is 2.48. The van der Waals surface area contributed by atoms with Crippen molar-refractivity contribution in [3.63, 3.8) is 0 Å². The predicted octanol–water partition coefficient (Wildman–Crippen LogP) is 2.83. The molecule has 0 aromatic carbocycles. The third kappa shape index (κ3) is 0.798. The Bertz CT molecular complexity index is 105. The summed E-state index contributed by atoms with van der Waals surface area (Å²) < 4.78 is 0. The maximum Gasteiger partial charge on any atom is -0.0360 e. The molecule has 2 fully saturated rings. The lowest BCUT2D eigenvalue weighted by atomic mass is 9.59. The summed E-state index contributed by atoms with van der Waals surface area (Å²) in [5.74, 6) is 3.39. The Hall–Kier alpha value is 0. The molecule has 0 saturated heterocycles. The molecule has 0 heteroatoms. The Morgan fingerprint density at radius 2 is 1.89 bits per heavy atom. The van der Waals surface area contributed by atoms with E-state index in [1.165, 1.54) is 12.8 Å². The zero-order valence-corrected chi connectivity index (χ0v) is 6.27. The van der Waals surface area contributed by atoms with Crippen LogP contribution in [0.3, 0.4) is 0 Å². The SMILES string of the molecule is C[C@H]1CC2CCCCC21. The average Bonchev–Trinajstić information content (AvgIpc) is 1.86. The molecule has 0 nitrogen and oxygen atoms in total. The molecular weight excluding hydrogens is 108 g/mol. The summed E-state index contributed by atoms with van der Waals surface area (Å²) in [6.07, 6.45) is 7.69. The van der Waals surface area contributed by atoms with Gasteiger partial charge in [0.05, 0.1) is 0 Å². The van der Waals surface area contributed by atoms with E-state index in [1.54, 1.807) is 19.3 Å². The van der Waals surface area contributed by atoms with Gasteiger partial charge in [-0.1, -0.05) is 26.2 Å². The van der Waals surface area contributed by atoms with E-state index in [4.69, 9.17) is 0 Å². The second-order valence-corrected chi connectivity index (χ2v) is 3.92. The van der Waals surface area contributed by atoms with E-state index in [0.717, 1.165) is 17.8 Å². The van der Waals surface area contributed by atoms with Crippen LogP contribution in [0, 0.1) is 17.8 Å². The van der Waals surface area contributed by atoms with Crippen LogP contribution in [0.4, 0.5) is 0 Å². The van der Waals surface area contributed by atoms with Crippen molar-refractivity contribution < 1.29 is 0 Å². The van der Waals surface area contributed by atoms with Gasteiger partial charge in [-0.25, -0.2) is 0 Å². The minimum atomic E-state index is 1.08. The number of rotatable bonds is 0. The fraction of sp³-hybridized carbons (Fsp3) is 1.00. The standard InChI is InChI=1S/C9H16/c1-7-6-8-4-2-3-5-9(7)8/h7-9H,2-6H2,1H3/t7-,8?,9?/m0/s1. The highest BCUT2D eigenvalue weighted by molar-refractivity contribution is 4.88. The minimum absolute atomic E-state index is 1.08. The van der Waals surface area contributed by atoms with Gasteiger partial charge in [0, 0.05) is 0 Å². The molecule has 0 aliphatic heterocycles. The number of hydrogen-bond acceptors (Lipinski definition) is 0. The highest BCUT2D eigenvalue weighted by atomic mass is 14.4. The van der Waals surface area contributed by atoms with Gasteiger partial charge in [-0.3, -0.25) is 0 Å². The summed E-state index contributed by atoms with van der Waals surface area (Å²) in [5, 5.41) is 0. The van der Waals surface area contributed by atoms with Gasteiger partial charge in [0.15, 0.2) is 0 Å². The van der Waals surface area contributed by atoms with Crippen molar-refractivity contribution in [1.29, 1.82) is 0 Å². The molecule has 52 valence electrons. The predicted molar refractivity (Wildman–Crippen MR) is 39.2 cm³/mol. The van der Waals surface area contributed by atoms with E-state index in [1.807, 2.05) is 0 Å². The van der Waals surface area contributed by atoms with E-state index in [0.29, 0.717) is 0 Å². The van der Waals surface area contributed by atoms with Crippen molar-refractivity contribution in [2.45, 2.75) is 39.0 Å². The topological polar surface area (TPSA) is 0 Å². The first-order chi connectivity index (χ1) is 4.38. The second-order valence-electron chi connectivity index (χ2n) is 3.92. The van der Waals surface area contributed by atoms with Crippen LogP contribution in [-0.4, -0.2) is 0 Å². The van der Waals surface area contributed by atoms with Crippen LogP contribution in [0.5, 0.6) is 0 Å². The van der Waals surface area contributed by atoms with Crippen LogP contribution in [0.2, 0.25) is 0 Å². The molecule has 2 rings (SSSR count). The molecule has 0 spiro atoms. The first kappa shape index (κ1) is 5.76. The normalized spacial score (nSPS) is 49.7. The zero-order chi connectivity index (χ0) is 6.27. The van der Waals surface area contributed by atoms with Gasteiger partial charge in [-0.15, -0.1) is 0 Å². The van der Waals surface area contributed by atoms with Crippen molar-refractivity contribution >= 4 is 0 Å². The van der Waals surface area contributed by atoms with Crippen LogP contribution < -0.4 is 0 Å². The van der Waals surface area contributed by atoms with Crippen LogP contribution in [0.1, 0.15) is 39.0 Å². The Kier molecular flexibility index (Phi) is 1.28. The Balaban J connectivity index is 1.94. The third-order valence-electron chi connectivity index (χ3n) is 3.37. The molecule has 0 bridgehead atoms. The van der Waals surface area contributed by atoms with Crippen LogP contribution in [0.15, 0.2) is 0 Å². The molecule has 2 aliphatic carbocycles. The third-order valence-corrected chi connectivity index (χ3v) is 3.37. The molecule has 2 unspecified atom stereocenters.